The predicted octanol–water partition coefficient (Wildman–Crippen LogP) is 5.15. The van der Waals surface area contributed by atoms with Crippen LogP contribution in [0.5, 0.6) is 0 Å². The van der Waals surface area contributed by atoms with Crippen molar-refractivity contribution < 1.29 is 22.8 Å². The van der Waals surface area contributed by atoms with Gasteiger partial charge in [0.15, 0.2) is 0 Å². The van der Waals surface area contributed by atoms with Crippen molar-refractivity contribution in [1.29, 1.82) is 0 Å². The van der Waals surface area contributed by atoms with Crippen LogP contribution in [0.1, 0.15) is 37.0 Å². The molecule has 2 aromatic rings. The molecule has 0 aliphatic carbocycles. The highest BCUT2D eigenvalue weighted by molar-refractivity contribution is 7.62. The third kappa shape index (κ3) is 4.58. The molecule has 0 fully saturated rings. The number of amides is 1. The number of carbonyl (C=O) groups is 1. The molecular weight excluding hydrogens is 380 g/mol. The van der Waals surface area contributed by atoms with Gasteiger partial charge in [-0.1, -0.05) is 32.4 Å². The fourth-order valence-corrected chi connectivity index (χ4v) is 4.12. The number of hydrogen-bond acceptors (Lipinski definition) is 4. The van der Waals surface area contributed by atoms with Crippen molar-refractivity contribution in [2.24, 2.45) is 0 Å². The van der Waals surface area contributed by atoms with Gasteiger partial charge < -0.3 is 14.4 Å². The third-order valence-electron chi connectivity index (χ3n) is 3.99. The van der Waals surface area contributed by atoms with Gasteiger partial charge in [-0.2, -0.15) is 0 Å². The Hall–Kier alpha value is -2.27. The maximum Gasteiger partial charge on any atom is 0.362 e. The van der Waals surface area contributed by atoms with E-state index in [9.17, 15) is 13.8 Å². The summed E-state index contributed by atoms with van der Waals surface area (Å²) in [6.07, 6.45) is 2.91. The molecule has 1 amide bonds. The molecule has 0 spiro atoms. The molecule has 0 radical (unpaired) electrons. The quantitative estimate of drug-likeness (QED) is 0.564. The van der Waals surface area contributed by atoms with Gasteiger partial charge in [-0.15, -0.1) is 0 Å². The predicted molar refractivity (Wildman–Crippen MR) is 111 cm³/mol. The van der Waals surface area contributed by atoms with Gasteiger partial charge in [0, 0.05) is 25.4 Å². The highest BCUT2D eigenvalue weighted by Crippen LogP contribution is 2.50. The van der Waals surface area contributed by atoms with Crippen molar-refractivity contribution >= 4 is 36.1 Å². The van der Waals surface area contributed by atoms with E-state index in [1.54, 1.807) is 24.3 Å². The van der Waals surface area contributed by atoms with E-state index in [4.69, 9.17) is 9.05 Å². The number of rotatable bonds is 4. The van der Waals surface area contributed by atoms with Crippen molar-refractivity contribution in [2.45, 2.75) is 27.2 Å². The van der Waals surface area contributed by atoms with Crippen LogP contribution in [-0.2, 0) is 18.4 Å². The summed E-state index contributed by atoms with van der Waals surface area (Å²) in [5.74, 6) is -0.678. The van der Waals surface area contributed by atoms with E-state index in [1.165, 1.54) is 32.8 Å². The topological polar surface area (TPSA) is 64.6 Å². The molecule has 150 valence electrons. The first-order valence-corrected chi connectivity index (χ1v) is 10.5. The Labute approximate surface area is 165 Å². The number of benzene rings is 2. The Bertz CT molecular complexity index is 930. The standard InChI is InChI=1S/C18H17FNO4P.C3H8/c1-11-8-14-15(10-12-4-6-13(19)7-5-12)18(21)20-17(14)16(9-11)25(22,23-2)24-3;1-3-2/h4-10H,1-3H3,(H,20,21);3H2,1-2H3/b15-10-;. The number of hydrogen-bond donors (Lipinski definition) is 1. The molecule has 1 aliphatic rings. The normalized spacial score (nSPS) is 14.4. The van der Waals surface area contributed by atoms with Gasteiger partial charge >= 0.3 is 7.60 Å². The summed E-state index contributed by atoms with van der Waals surface area (Å²) in [6.45, 7) is 6.08. The van der Waals surface area contributed by atoms with Crippen LogP contribution in [0.3, 0.4) is 0 Å². The number of aryl methyl sites for hydroxylation is 1. The SMILES string of the molecule is CCC.COP(=O)(OC)c1cc(C)cc2c1NC(=O)/C2=C\c1ccc(F)cc1. The van der Waals surface area contributed by atoms with Gasteiger partial charge in [0.2, 0.25) is 0 Å². The minimum absolute atomic E-state index is 0.309. The highest BCUT2D eigenvalue weighted by Gasteiger charge is 2.35. The minimum Gasteiger partial charge on any atom is -0.321 e. The first-order chi connectivity index (χ1) is 13.3. The summed E-state index contributed by atoms with van der Waals surface area (Å²) in [4.78, 5) is 12.4. The molecule has 0 bridgehead atoms. The lowest BCUT2D eigenvalue weighted by atomic mass is 10.0. The Kier molecular flexibility index (Phi) is 7.30. The maximum absolute atomic E-state index is 13.1. The van der Waals surface area contributed by atoms with Crippen LogP contribution in [0.4, 0.5) is 10.1 Å². The van der Waals surface area contributed by atoms with Gasteiger partial charge in [-0.25, -0.2) is 4.39 Å². The molecular formula is C21H25FNO4P. The molecule has 7 heteroatoms. The van der Waals surface area contributed by atoms with Crippen LogP contribution >= 0.6 is 7.60 Å². The van der Waals surface area contributed by atoms with Gasteiger partial charge in [0.1, 0.15) is 5.82 Å². The molecule has 1 N–H and O–H groups in total. The minimum atomic E-state index is -3.54. The van der Waals surface area contributed by atoms with Crippen LogP contribution < -0.4 is 10.6 Å². The molecule has 0 saturated heterocycles. The first kappa shape index (κ1) is 22.0. The zero-order valence-electron chi connectivity index (χ0n) is 16.7. The van der Waals surface area contributed by atoms with Crippen LogP contribution in [0.15, 0.2) is 36.4 Å². The molecule has 0 aromatic heterocycles. The molecule has 0 unspecified atom stereocenters. The third-order valence-corrected chi connectivity index (χ3v) is 5.90. The second-order valence-corrected chi connectivity index (χ2v) is 8.55. The average Bonchev–Trinajstić information content (AvgIpc) is 2.98. The Balaban J connectivity index is 0.000000878. The Morgan fingerprint density at radius 1 is 1.11 bits per heavy atom. The number of anilines is 1. The largest absolute Gasteiger partial charge is 0.362 e. The molecule has 0 atom stereocenters. The first-order valence-electron chi connectivity index (χ1n) is 8.95. The molecule has 28 heavy (non-hydrogen) atoms. The lowest BCUT2D eigenvalue weighted by Gasteiger charge is -2.17. The van der Waals surface area contributed by atoms with Crippen LogP contribution in [0, 0.1) is 12.7 Å². The second-order valence-electron chi connectivity index (χ2n) is 6.34. The summed E-state index contributed by atoms with van der Waals surface area (Å²) in [7, 11) is -0.942. The lowest BCUT2D eigenvalue weighted by molar-refractivity contribution is -0.110. The molecule has 2 aromatic carbocycles. The number of halogens is 1. The fourth-order valence-electron chi connectivity index (χ4n) is 2.77. The molecule has 0 saturated carbocycles. The van der Waals surface area contributed by atoms with Gasteiger partial charge in [0.25, 0.3) is 5.91 Å². The summed E-state index contributed by atoms with van der Waals surface area (Å²) in [5, 5.41) is 3.04. The Morgan fingerprint density at radius 3 is 2.21 bits per heavy atom. The lowest BCUT2D eigenvalue weighted by Crippen LogP contribution is -2.15. The summed E-state index contributed by atoms with van der Waals surface area (Å²) < 4.78 is 36.0. The summed E-state index contributed by atoms with van der Waals surface area (Å²) in [6, 6.07) is 9.31. The molecule has 1 heterocycles. The number of fused-ring (bicyclic) bond motifs is 1. The maximum atomic E-state index is 13.1. The van der Waals surface area contributed by atoms with Crippen molar-refractivity contribution in [3.05, 3.63) is 58.9 Å². The zero-order valence-corrected chi connectivity index (χ0v) is 17.6. The molecule has 3 rings (SSSR count). The van der Waals surface area contributed by atoms with Crippen molar-refractivity contribution in [3.63, 3.8) is 0 Å². The van der Waals surface area contributed by atoms with Crippen molar-refractivity contribution in [3.8, 4) is 0 Å². The van der Waals surface area contributed by atoms with Gasteiger partial charge in [-0.3, -0.25) is 9.36 Å². The average molecular weight is 405 g/mol. The second kappa shape index (κ2) is 9.28. The van der Waals surface area contributed by atoms with E-state index in [0.29, 0.717) is 27.7 Å². The smallest absolute Gasteiger partial charge is 0.321 e. The van der Waals surface area contributed by atoms with Crippen LogP contribution in [-0.4, -0.2) is 20.1 Å². The van der Waals surface area contributed by atoms with Crippen molar-refractivity contribution in [1.82, 2.24) is 0 Å². The fraction of sp³-hybridized carbons (Fsp3) is 0.286. The van der Waals surface area contributed by atoms with Crippen LogP contribution in [0.2, 0.25) is 0 Å². The highest BCUT2D eigenvalue weighted by atomic mass is 31.2. The van der Waals surface area contributed by atoms with E-state index in [2.05, 4.69) is 19.2 Å². The Morgan fingerprint density at radius 2 is 1.68 bits per heavy atom. The summed E-state index contributed by atoms with van der Waals surface area (Å²) in [5.41, 5.74) is 2.92. The molecule has 5 nitrogen and oxygen atoms in total. The van der Waals surface area contributed by atoms with E-state index < -0.39 is 7.60 Å². The van der Waals surface area contributed by atoms with E-state index in [1.807, 2.05) is 13.0 Å². The van der Waals surface area contributed by atoms with E-state index in [-0.39, 0.29) is 11.7 Å². The number of nitrogens with one attached hydrogen (secondary N) is 1. The van der Waals surface area contributed by atoms with E-state index >= 15 is 0 Å². The van der Waals surface area contributed by atoms with Gasteiger partial charge in [0.05, 0.1) is 11.0 Å². The zero-order chi connectivity index (χ0) is 20.9. The van der Waals surface area contributed by atoms with Gasteiger partial charge in [-0.05, 0) is 48.4 Å². The van der Waals surface area contributed by atoms with Crippen LogP contribution in [0.25, 0.3) is 11.6 Å². The monoisotopic (exact) mass is 405 g/mol. The van der Waals surface area contributed by atoms with E-state index in [0.717, 1.165) is 5.56 Å². The summed E-state index contributed by atoms with van der Waals surface area (Å²) >= 11 is 0. The van der Waals surface area contributed by atoms with Crippen molar-refractivity contribution in [2.75, 3.05) is 19.5 Å². The number of carbonyl (C=O) groups excluding carboxylic acids is 1. The molecule has 1 aliphatic heterocycles.